The minimum absolute atomic E-state index is 0.0431. The van der Waals surface area contributed by atoms with Crippen molar-refractivity contribution < 1.29 is 32.6 Å². The number of hydrogen-bond acceptors (Lipinski definition) is 7. The van der Waals surface area contributed by atoms with E-state index in [0.29, 0.717) is 12.2 Å². The Morgan fingerprint density at radius 2 is 1.73 bits per heavy atom. The lowest BCUT2D eigenvalue weighted by atomic mass is 9.78. The maximum absolute atomic E-state index is 12.6. The van der Waals surface area contributed by atoms with Gasteiger partial charge in [-0.05, 0) is 31.0 Å². The standard InChI is InChI=1S/C19H23N5O2.C2HF3O2/c25-17(16-3-1-6-20-13-16)23-9-4-19(5-10-23)14-24(11-12-26-15-19)18-21-7-2-8-22-18;3-2(4,5)1(6)7/h1-3,6-8,13H,4-5,9-12,14-15H2;(H,6,7). The van der Waals surface area contributed by atoms with Crippen LogP contribution in [0.1, 0.15) is 23.2 Å². The van der Waals surface area contributed by atoms with Crippen LogP contribution >= 0.6 is 0 Å². The van der Waals surface area contributed by atoms with E-state index in [0.717, 1.165) is 51.6 Å². The molecule has 0 saturated carbocycles. The van der Waals surface area contributed by atoms with E-state index in [2.05, 4.69) is 19.9 Å². The highest BCUT2D eigenvalue weighted by Gasteiger charge is 2.40. The van der Waals surface area contributed by atoms with E-state index in [9.17, 15) is 18.0 Å². The molecule has 2 saturated heterocycles. The summed E-state index contributed by atoms with van der Waals surface area (Å²) in [5, 5.41) is 7.12. The van der Waals surface area contributed by atoms with Crippen LogP contribution in [0.3, 0.4) is 0 Å². The number of alkyl halides is 3. The first kappa shape index (κ1) is 24.4. The molecule has 4 heterocycles. The molecule has 1 N–H and O–H groups in total. The fourth-order valence-corrected chi connectivity index (χ4v) is 3.78. The normalized spacial score (nSPS) is 18.2. The summed E-state index contributed by atoms with van der Waals surface area (Å²) < 4.78 is 37.6. The Labute approximate surface area is 188 Å². The molecule has 33 heavy (non-hydrogen) atoms. The molecular weight excluding hydrogens is 443 g/mol. The first-order valence-corrected chi connectivity index (χ1v) is 10.3. The molecule has 4 rings (SSSR count). The van der Waals surface area contributed by atoms with E-state index in [1.807, 2.05) is 17.0 Å². The number of halogens is 3. The zero-order valence-electron chi connectivity index (χ0n) is 17.7. The number of carboxylic acid groups (broad SMARTS) is 1. The molecule has 2 aliphatic heterocycles. The minimum Gasteiger partial charge on any atom is -0.475 e. The molecule has 2 aromatic heterocycles. The Morgan fingerprint density at radius 3 is 2.30 bits per heavy atom. The van der Waals surface area contributed by atoms with Crippen LogP contribution in [-0.2, 0) is 9.53 Å². The van der Waals surface area contributed by atoms with E-state index in [1.165, 1.54) is 0 Å². The monoisotopic (exact) mass is 467 g/mol. The second kappa shape index (κ2) is 10.6. The molecule has 1 spiro atoms. The van der Waals surface area contributed by atoms with Gasteiger partial charge in [-0.1, -0.05) is 0 Å². The molecule has 12 heteroatoms. The molecule has 0 aliphatic carbocycles. The summed E-state index contributed by atoms with van der Waals surface area (Å²) in [6.45, 7) is 4.54. The quantitative estimate of drug-likeness (QED) is 0.717. The Bertz CT molecular complexity index is 923. The molecule has 9 nitrogen and oxygen atoms in total. The minimum atomic E-state index is -5.08. The van der Waals surface area contributed by atoms with Crippen molar-refractivity contribution in [3.05, 3.63) is 48.5 Å². The second-order valence-electron chi connectivity index (χ2n) is 7.86. The fourth-order valence-electron chi connectivity index (χ4n) is 3.78. The van der Waals surface area contributed by atoms with Crippen LogP contribution in [0.5, 0.6) is 0 Å². The van der Waals surface area contributed by atoms with Gasteiger partial charge in [-0.25, -0.2) is 14.8 Å². The predicted molar refractivity (Wildman–Crippen MR) is 111 cm³/mol. The highest BCUT2D eigenvalue weighted by Crippen LogP contribution is 2.35. The van der Waals surface area contributed by atoms with E-state index in [4.69, 9.17) is 14.6 Å². The summed E-state index contributed by atoms with van der Waals surface area (Å²) >= 11 is 0. The van der Waals surface area contributed by atoms with Crippen molar-refractivity contribution in [3.63, 3.8) is 0 Å². The first-order valence-electron chi connectivity index (χ1n) is 10.3. The van der Waals surface area contributed by atoms with Crippen LogP contribution in [0, 0.1) is 5.41 Å². The Morgan fingerprint density at radius 1 is 1.06 bits per heavy atom. The Balaban J connectivity index is 0.000000383. The number of rotatable bonds is 2. The van der Waals surface area contributed by atoms with Crippen LogP contribution in [-0.4, -0.2) is 82.4 Å². The van der Waals surface area contributed by atoms with E-state index >= 15 is 0 Å². The third-order valence-electron chi connectivity index (χ3n) is 5.54. The molecule has 2 fully saturated rings. The van der Waals surface area contributed by atoms with Gasteiger partial charge in [0.2, 0.25) is 5.95 Å². The van der Waals surface area contributed by atoms with Gasteiger partial charge in [0.05, 0.1) is 18.8 Å². The summed E-state index contributed by atoms with van der Waals surface area (Å²) in [5.74, 6) is -1.94. The molecule has 0 bridgehead atoms. The van der Waals surface area contributed by atoms with Crippen molar-refractivity contribution in [2.24, 2.45) is 5.41 Å². The van der Waals surface area contributed by atoms with Crippen molar-refractivity contribution in [2.75, 3.05) is 44.3 Å². The number of amides is 1. The number of aliphatic carboxylic acids is 1. The van der Waals surface area contributed by atoms with E-state index in [-0.39, 0.29) is 11.3 Å². The molecule has 0 aromatic carbocycles. The SMILES string of the molecule is O=C(O)C(F)(F)F.O=C(c1cccnc1)N1CCC2(CC1)COCCN(c1ncccn1)C2. The zero-order valence-corrected chi connectivity index (χ0v) is 17.7. The van der Waals surface area contributed by atoms with Crippen LogP contribution in [0.15, 0.2) is 43.0 Å². The number of piperidine rings is 1. The molecule has 0 unspecified atom stereocenters. The molecule has 2 aliphatic rings. The van der Waals surface area contributed by atoms with Crippen molar-refractivity contribution in [1.29, 1.82) is 0 Å². The lowest BCUT2D eigenvalue weighted by Crippen LogP contribution is -2.49. The number of carbonyl (C=O) groups excluding carboxylic acids is 1. The highest BCUT2D eigenvalue weighted by atomic mass is 19.4. The molecule has 178 valence electrons. The van der Waals surface area contributed by atoms with Gasteiger partial charge in [0.15, 0.2) is 0 Å². The van der Waals surface area contributed by atoms with E-state index < -0.39 is 12.1 Å². The van der Waals surface area contributed by atoms with Gasteiger partial charge in [0.1, 0.15) is 0 Å². The summed E-state index contributed by atoms with van der Waals surface area (Å²) in [5.41, 5.74) is 0.696. The number of ether oxygens (including phenoxy) is 1. The fraction of sp³-hybridized carbons (Fsp3) is 0.476. The van der Waals surface area contributed by atoms with Gasteiger partial charge < -0.3 is 19.6 Å². The average Bonchev–Trinajstić information content (AvgIpc) is 3.03. The summed E-state index contributed by atoms with van der Waals surface area (Å²) in [6.07, 6.45) is 3.62. The van der Waals surface area contributed by atoms with Crippen LogP contribution in [0.25, 0.3) is 0 Å². The van der Waals surface area contributed by atoms with Crippen molar-refractivity contribution in [1.82, 2.24) is 19.9 Å². The van der Waals surface area contributed by atoms with Crippen LogP contribution in [0.2, 0.25) is 0 Å². The topological polar surface area (TPSA) is 109 Å². The zero-order chi connectivity index (χ0) is 23.9. The van der Waals surface area contributed by atoms with Gasteiger partial charge in [-0.15, -0.1) is 0 Å². The number of carbonyl (C=O) groups is 2. The predicted octanol–water partition coefficient (Wildman–Crippen LogP) is 2.26. The smallest absolute Gasteiger partial charge is 0.475 e. The average molecular weight is 467 g/mol. The highest BCUT2D eigenvalue weighted by molar-refractivity contribution is 5.93. The number of pyridine rings is 1. The van der Waals surface area contributed by atoms with Gasteiger partial charge >= 0.3 is 12.1 Å². The van der Waals surface area contributed by atoms with Crippen molar-refractivity contribution in [3.8, 4) is 0 Å². The number of nitrogens with zero attached hydrogens (tertiary/aromatic N) is 5. The Kier molecular flexibility index (Phi) is 7.79. The first-order chi connectivity index (χ1) is 15.7. The van der Waals surface area contributed by atoms with E-state index in [1.54, 1.807) is 30.9 Å². The van der Waals surface area contributed by atoms with Crippen molar-refractivity contribution in [2.45, 2.75) is 19.0 Å². The number of hydrogen-bond donors (Lipinski definition) is 1. The lowest BCUT2D eigenvalue weighted by Gasteiger charge is -2.42. The van der Waals surface area contributed by atoms with Gasteiger partial charge in [0.25, 0.3) is 5.91 Å². The number of aromatic nitrogens is 3. The molecular formula is C21H24F3N5O4. The maximum atomic E-state index is 12.6. The van der Waals surface area contributed by atoms with Crippen LogP contribution in [0.4, 0.5) is 19.1 Å². The third kappa shape index (κ3) is 6.60. The lowest BCUT2D eigenvalue weighted by molar-refractivity contribution is -0.192. The largest absolute Gasteiger partial charge is 0.490 e. The van der Waals surface area contributed by atoms with Gasteiger partial charge in [0, 0.05) is 56.4 Å². The molecule has 0 radical (unpaired) electrons. The molecule has 0 atom stereocenters. The van der Waals surface area contributed by atoms with Crippen molar-refractivity contribution >= 4 is 17.8 Å². The molecule has 1 amide bonds. The third-order valence-corrected chi connectivity index (χ3v) is 5.54. The number of carboxylic acids is 1. The maximum Gasteiger partial charge on any atom is 0.490 e. The Hall–Kier alpha value is -3.28. The summed E-state index contributed by atoms with van der Waals surface area (Å²) in [6, 6.07) is 5.45. The number of likely N-dealkylation sites (tertiary alicyclic amines) is 1. The van der Waals surface area contributed by atoms with Gasteiger partial charge in [-0.3, -0.25) is 9.78 Å². The molecule has 2 aromatic rings. The second-order valence-corrected chi connectivity index (χ2v) is 7.86. The van der Waals surface area contributed by atoms with Crippen LogP contribution < -0.4 is 4.90 Å². The number of anilines is 1. The van der Waals surface area contributed by atoms with Gasteiger partial charge in [-0.2, -0.15) is 13.2 Å². The summed E-state index contributed by atoms with van der Waals surface area (Å²) in [7, 11) is 0. The summed E-state index contributed by atoms with van der Waals surface area (Å²) in [4.78, 5) is 38.5.